The van der Waals surface area contributed by atoms with E-state index in [9.17, 15) is 4.79 Å². The summed E-state index contributed by atoms with van der Waals surface area (Å²) in [5, 5.41) is 9.11. The highest BCUT2D eigenvalue weighted by atomic mass is 32.1. The SMILES string of the molecule is Cc1nc(C=CC(=O)N2CCCC(c3csc(Nc4ccccn4)n3)C2)cs1. The number of anilines is 2. The average Bonchev–Trinajstić information content (AvgIpc) is 3.36. The maximum absolute atomic E-state index is 12.6. The smallest absolute Gasteiger partial charge is 0.246 e. The van der Waals surface area contributed by atoms with Gasteiger partial charge < -0.3 is 10.2 Å². The first-order valence-electron chi connectivity index (χ1n) is 9.20. The molecule has 1 aliphatic rings. The molecule has 1 unspecified atom stereocenters. The monoisotopic (exact) mass is 411 g/mol. The fraction of sp³-hybridized carbons (Fsp3) is 0.300. The quantitative estimate of drug-likeness (QED) is 0.628. The van der Waals surface area contributed by atoms with Crippen LogP contribution in [-0.4, -0.2) is 38.8 Å². The number of carbonyl (C=O) groups excluding carboxylic acids is 1. The summed E-state index contributed by atoms with van der Waals surface area (Å²) in [5.74, 6) is 1.09. The molecular weight excluding hydrogens is 390 g/mol. The molecule has 4 rings (SSSR count). The van der Waals surface area contributed by atoms with E-state index in [1.807, 2.05) is 35.4 Å². The van der Waals surface area contributed by atoms with Crippen LogP contribution in [0.2, 0.25) is 0 Å². The van der Waals surface area contributed by atoms with Gasteiger partial charge in [0.15, 0.2) is 5.13 Å². The third-order valence-electron chi connectivity index (χ3n) is 4.61. The number of carbonyl (C=O) groups is 1. The Hall–Kier alpha value is -2.58. The molecule has 0 bridgehead atoms. The van der Waals surface area contributed by atoms with E-state index in [0.717, 1.165) is 46.7 Å². The zero-order chi connectivity index (χ0) is 19.3. The first-order chi connectivity index (χ1) is 13.7. The third-order valence-corrected chi connectivity index (χ3v) is 6.17. The Bertz CT molecular complexity index is 966. The number of aryl methyl sites for hydroxylation is 1. The van der Waals surface area contributed by atoms with E-state index in [1.165, 1.54) is 0 Å². The maximum Gasteiger partial charge on any atom is 0.246 e. The summed E-state index contributed by atoms with van der Waals surface area (Å²) in [6, 6.07) is 5.74. The molecule has 1 fully saturated rings. The van der Waals surface area contributed by atoms with Crippen molar-refractivity contribution in [2.24, 2.45) is 0 Å². The Kier molecular flexibility index (Phi) is 5.78. The van der Waals surface area contributed by atoms with Crippen molar-refractivity contribution in [2.45, 2.75) is 25.7 Å². The van der Waals surface area contributed by atoms with Gasteiger partial charge in [0.25, 0.3) is 0 Å². The Morgan fingerprint density at radius 3 is 3.00 bits per heavy atom. The maximum atomic E-state index is 12.6. The normalized spacial score (nSPS) is 17.2. The number of nitrogens with one attached hydrogen (secondary N) is 1. The molecule has 8 heteroatoms. The molecule has 3 aromatic rings. The molecule has 1 aliphatic heterocycles. The molecule has 0 spiro atoms. The molecule has 1 saturated heterocycles. The standard InChI is InChI=1S/C20H21N5OS2/c1-14-22-16(12-27-14)7-8-19(26)25-10-4-5-15(11-25)17-13-28-20(23-17)24-18-6-2-3-9-21-18/h2-3,6-9,12-13,15H,4-5,10-11H2,1H3,(H,21,23,24). The van der Waals surface area contributed by atoms with E-state index in [-0.39, 0.29) is 11.8 Å². The first-order valence-corrected chi connectivity index (χ1v) is 11.0. The van der Waals surface area contributed by atoms with Gasteiger partial charge in [0, 0.05) is 42.0 Å². The van der Waals surface area contributed by atoms with Crippen LogP contribution in [0.4, 0.5) is 10.9 Å². The molecule has 1 N–H and O–H groups in total. The highest BCUT2D eigenvalue weighted by Gasteiger charge is 2.25. The number of hydrogen-bond donors (Lipinski definition) is 1. The molecule has 1 atom stereocenters. The van der Waals surface area contributed by atoms with Gasteiger partial charge in [0.1, 0.15) is 5.82 Å². The number of piperidine rings is 1. The van der Waals surface area contributed by atoms with Crippen LogP contribution in [0.15, 0.2) is 41.2 Å². The van der Waals surface area contributed by atoms with Crippen LogP contribution in [0.1, 0.15) is 35.2 Å². The van der Waals surface area contributed by atoms with Crippen LogP contribution in [0, 0.1) is 6.92 Å². The van der Waals surface area contributed by atoms with E-state index in [2.05, 4.69) is 20.7 Å². The van der Waals surface area contributed by atoms with Gasteiger partial charge in [0.2, 0.25) is 5.91 Å². The van der Waals surface area contributed by atoms with Crippen molar-refractivity contribution in [3.63, 3.8) is 0 Å². The Labute approximate surface area is 172 Å². The Balaban J connectivity index is 1.38. The molecule has 0 radical (unpaired) electrons. The van der Waals surface area contributed by atoms with Crippen LogP contribution in [0.5, 0.6) is 0 Å². The van der Waals surface area contributed by atoms with Crippen LogP contribution in [0.25, 0.3) is 6.08 Å². The van der Waals surface area contributed by atoms with Crippen molar-refractivity contribution in [2.75, 3.05) is 18.4 Å². The highest BCUT2D eigenvalue weighted by Crippen LogP contribution is 2.30. The van der Waals surface area contributed by atoms with Crippen LogP contribution < -0.4 is 5.32 Å². The molecule has 28 heavy (non-hydrogen) atoms. The average molecular weight is 412 g/mol. The number of amides is 1. The van der Waals surface area contributed by atoms with Crippen molar-refractivity contribution in [3.8, 4) is 0 Å². The lowest BCUT2D eigenvalue weighted by molar-refractivity contribution is -0.127. The van der Waals surface area contributed by atoms with Crippen molar-refractivity contribution in [3.05, 3.63) is 57.6 Å². The fourth-order valence-electron chi connectivity index (χ4n) is 3.21. The summed E-state index contributed by atoms with van der Waals surface area (Å²) in [6.07, 6.45) is 7.22. The van der Waals surface area contributed by atoms with Gasteiger partial charge in [-0.3, -0.25) is 4.79 Å². The molecular formula is C20H21N5OS2. The summed E-state index contributed by atoms with van der Waals surface area (Å²) < 4.78 is 0. The molecule has 144 valence electrons. The minimum atomic E-state index is 0.0393. The van der Waals surface area contributed by atoms with Crippen molar-refractivity contribution in [1.29, 1.82) is 0 Å². The lowest BCUT2D eigenvalue weighted by Gasteiger charge is -2.31. The fourth-order valence-corrected chi connectivity index (χ4v) is 4.59. The van der Waals surface area contributed by atoms with E-state index in [0.29, 0.717) is 6.54 Å². The van der Waals surface area contributed by atoms with Gasteiger partial charge in [-0.25, -0.2) is 15.0 Å². The first kappa shape index (κ1) is 18.8. The second-order valence-corrected chi connectivity index (χ2v) is 8.59. The number of rotatable bonds is 5. The zero-order valence-electron chi connectivity index (χ0n) is 15.5. The lowest BCUT2D eigenvalue weighted by atomic mass is 9.95. The summed E-state index contributed by atoms with van der Waals surface area (Å²) in [7, 11) is 0. The second-order valence-electron chi connectivity index (χ2n) is 6.67. The summed E-state index contributed by atoms with van der Waals surface area (Å²) in [6.45, 7) is 3.45. The van der Waals surface area contributed by atoms with Gasteiger partial charge in [-0.05, 0) is 38.0 Å². The van der Waals surface area contributed by atoms with E-state index < -0.39 is 0 Å². The molecule has 1 amide bonds. The lowest BCUT2D eigenvalue weighted by Crippen LogP contribution is -2.38. The van der Waals surface area contributed by atoms with Gasteiger partial charge in [-0.15, -0.1) is 22.7 Å². The summed E-state index contributed by atoms with van der Waals surface area (Å²) >= 11 is 3.16. The third kappa shape index (κ3) is 4.63. The number of aromatic nitrogens is 3. The van der Waals surface area contributed by atoms with Crippen molar-refractivity contribution >= 4 is 45.6 Å². The van der Waals surface area contributed by atoms with Crippen LogP contribution >= 0.6 is 22.7 Å². The number of nitrogens with zero attached hydrogens (tertiary/aromatic N) is 4. The Morgan fingerprint density at radius 2 is 2.21 bits per heavy atom. The van der Waals surface area contributed by atoms with Gasteiger partial charge in [-0.1, -0.05) is 6.07 Å². The summed E-state index contributed by atoms with van der Waals surface area (Å²) in [5.41, 5.74) is 1.88. The number of likely N-dealkylation sites (tertiary alicyclic amines) is 1. The number of hydrogen-bond acceptors (Lipinski definition) is 7. The minimum Gasteiger partial charge on any atom is -0.338 e. The Morgan fingerprint density at radius 1 is 1.29 bits per heavy atom. The molecule has 3 aromatic heterocycles. The topological polar surface area (TPSA) is 71.0 Å². The molecule has 0 saturated carbocycles. The van der Waals surface area contributed by atoms with Crippen molar-refractivity contribution < 1.29 is 4.79 Å². The number of thiazole rings is 2. The zero-order valence-corrected chi connectivity index (χ0v) is 17.2. The number of pyridine rings is 1. The highest BCUT2D eigenvalue weighted by molar-refractivity contribution is 7.13. The molecule has 0 aromatic carbocycles. The predicted octanol–water partition coefficient (Wildman–Crippen LogP) is 4.47. The van der Waals surface area contributed by atoms with E-state index >= 15 is 0 Å². The van der Waals surface area contributed by atoms with Crippen LogP contribution in [-0.2, 0) is 4.79 Å². The largest absolute Gasteiger partial charge is 0.338 e. The molecule has 0 aliphatic carbocycles. The molecule has 4 heterocycles. The van der Waals surface area contributed by atoms with Gasteiger partial charge >= 0.3 is 0 Å². The van der Waals surface area contributed by atoms with E-state index in [4.69, 9.17) is 4.98 Å². The second kappa shape index (κ2) is 8.62. The van der Waals surface area contributed by atoms with Gasteiger partial charge in [-0.2, -0.15) is 0 Å². The van der Waals surface area contributed by atoms with E-state index in [1.54, 1.807) is 41.0 Å². The molecule has 6 nitrogen and oxygen atoms in total. The van der Waals surface area contributed by atoms with Crippen LogP contribution in [0.3, 0.4) is 0 Å². The minimum absolute atomic E-state index is 0.0393. The summed E-state index contributed by atoms with van der Waals surface area (Å²) in [4.78, 5) is 27.8. The van der Waals surface area contributed by atoms with Gasteiger partial charge in [0.05, 0.1) is 16.4 Å². The van der Waals surface area contributed by atoms with Crippen molar-refractivity contribution in [1.82, 2.24) is 19.9 Å². The predicted molar refractivity (Wildman–Crippen MR) is 114 cm³/mol.